The summed E-state index contributed by atoms with van der Waals surface area (Å²) in [7, 11) is 0. The monoisotopic (exact) mass is 421 g/mol. The highest BCUT2D eigenvalue weighted by molar-refractivity contribution is 9.11. The largest absolute Gasteiger partial charge is 0.489 e. The van der Waals surface area contributed by atoms with Crippen LogP contribution in [-0.4, -0.2) is 23.9 Å². The number of piperidine rings is 1. The minimum absolute atomic E-state index is 0.275. The molecule has 2 aromatic rings. The van der Waals surface area contributed by atoms with Crippen LogP contribution in [0, 0.1) is 6.92 Å². The van der Waals surface area contributed by atoms with Crippen LogP contribution in [0.5, 0.6) is 5.75 Å². The second kappa shape index (κ2) is 8.37. The first-order chi connectivity index (χ1) is 12.1. The number of carbonyl (C=O) groups excluding carboxylic acids is 1. The molecule has 5 heteroatoms. The van der Waals surface area contributed by atoms with Gasteiger partial charge >= 0.3 is 0 Å². The van der Waals surface area contributed by atoms with Crippen LogP contribution in [-0.2, 0) is 11.4 Å². The van der Waals surface area contributed by atoms with Crippen LogP contribution < -0.4 is 4.74 Å². The maximum absolute atomic E-state index is 11.8. The van der Waals surface area contributed by atoms with Crippen molar-refractivity contribution in [2.45, 2.75) is 45.6 Å². The molecule has 25 heavy (non-hydrogen) atoms. The molecule has 1 aliphatic rings. The van der Waals surface area contributed by atoms with E-state index in [2.05, 4.69) is 53.2 Å². The van der Waals surface area contributed by atoms with Crippen molar-refractivity contribution in [3.63, 3.8) is 0 Å². The minimum Gasteiger partial charge on any atom is -0.489 e. The number of likely N-dealkylation sites (tertiary alicyclic amines) is 1. The summed E-state index contributed by atoms with van der Waals surface area (Å²) in [5.74, 6) is 1.72. The molecule has 1 aromatic carbocycles. The van der Waals surface area contributed by atoms with Gasteiger partial charge in [0.15, 0.2) is 0 Å². The Morgan fingerprint density at radius 3 is 2.52 bits per heavy atom. The fourth-order valence-corrected chi connectivity index (χ4v) is 5.05. The predicted octanol–water partition coefficient (Wildman–Crippen LogP) is 5.51. The Balaban J connectivity index is 1.54. The van der Waals surface area contributed by atoms with Gasteiger partial charge in [-0.3, -0.25) is 4.79 Å². The first-order valence-electron chi connectivity index (χ1n) is 8.82. The highest BCUT2D eigenvalue weighted by Crippen LogP contribution is 2.31. The van der Waals surface area contributed by atoms with Crippen molar-refractivity contribution >= 4 is 33.2 Å². The molecule has 3 nitrogen and oxygen atoms in total. The van der Waals surface area contributed by atoms with Crippen LogP contribution in [0.15, 0.2) is 34.1 Å². The molecule has 0 radical (unpaired) electrons. The average molecular weight is 422 g/mol. The van der Waals surface area contributed by atoms with Gasteiger partial charge < -0.3 is 9.64 Å². The van der Waals surface area contributed by atoms with Crippen LogP contribution in [0.25, 0.3) is 0 Å². The lowest BCUT2D eigenvalue weighted by atomic mass is 9.89. The van der Waals surface area contributed by atoms with Gasteiger partial charge in [-0.05, 0) is 65.4 Å². The molecule has 0 unspecified atom stereocenters. The van der Waals surface area contributed by atoms with Gasteiger partial charge in [-0.1, -0.05) is 19.1 Å². The van der Waals surface area contributed by atoms with E-state index in [4.69, 9.17) is 4.74 Å². The van der Waals surface area contributed by atoms with E-state index in [0.29, 0.717) is 18.9 Å². The van der Waals surface area contributed by atoms with E-state index < -0.39 is 0 Å². The van der Waals surface area contributed by atoms with Crippen LogP contribution in [0.1, 0.15) is 48.1 Å². The summed E-state index contributed by atoms with van der Waals surface area (Å²) in [6.45, 7) is 6.38. The van der Waals surface area contributed by atoms with Gasteiger partial charge in [0.1, 0.15) is 12.4 Å². The van der Waals surface area contributed by atoms with Gasteiger partial charge in [0, 0.05) is 30.0 Å². The number of thiophene rings is 1. The highest BCUT2D eigenvalue weighted by atomic mass is 79.9. The number of benzene rings is 1. The number of nitrogens with zero attached hydrogens (tertiary/aromatic N) is 1. The van der Waals surface area contributed by atoms with Gasteiger partial charge in [0.2, 0.25) is 5.91 Å². The summed E-state index contributed by atoms with van der Waals surface area (Å²) < 4.78 is 7.06. The lowest BCUT2D eigenvalue weighted by molar-refractivity contribution is -0.131. The standard InChI is InChI=1S/C20H24BrNO2S/c1-3-19(23)22-10-8-16(9-11-22)15-4-6-18(7-5-15)24-13-17-12-14(2)25-20(17)21/h4-7,12,16H,3,8-11,13H2,1-2H3. The Hall–Kier alpha value is -1.33. The maximum Gasteiger partial charge on any atom is 0.222 e. The zero-order valence-corrected chi connectivity index (χ0v) is 17.2. The third-order valence-corrected chi connectivity index (χ3v) is 6.65. The predicted molar refractivity (Wildman–Crippen MR) is 106 cm³/mol. The zero-order chi connectivity index (χ0) is 17.8. The molecule has 0 saturated carbocycles. The number of rotatable bonds is 5. The molecule has 134 valence electrons. The number of amides is 1. The average Bonchev–Trinajstić information content (AvgIpc) is 2.97. The Kier molecular flexibility index (Phi) is 6.18. The Morgan fingerprint density at radius 1 is 1.28 bits per heavy atom. The van der Waals surface area contributed by atoms with E-state index in [9.17, 15) is 4.79 Å². The van der Waals surface area contributed by atoms with E-state index in [1.807, 2.05) is 11.8 Å². The van der Waals surface area contributed by atoms with Gasteiger partial charge in [-0.15, -0.1) is 11.3 Å². The summed E-state index contributed by atoms with van der Waals surface area (Å²) in [6.07, 6.45) is 2.70. The van der Waals surface area contributed by atoms with Gasteiger partial charge in [0.25, 0.3) is 0 Å². The molecule has 1 fully saturated rings. The third-order valence-electron chi connectivity index (χ3n) is 4.78. The topological polar surface area (TPSA) is 29.5 Å². The summed E-state index contributed by atoms with van der Waals surface area (Å²) in [4.78, 5) is 15.1. The van der Waals surface area contributed by atoms with Crippen molar-refractivity contribution in [1.82, 2.24) is 4.90 Å². The minimum atomic E-state index is 0.275. The molecule has 1 amide bonds. The lowest BCUT2D eigenvalue weighted by Gasteiger charge is -2.32. The summed E-state index contributed by atoms with van der Waals surface area (Å²) >= 11 is 5.32. The Morgan fingerprint density at radius 2 is 1.96 bits per heavy atom. The normalized spacial score (nSPS) is 15.4. The molecule has 0 N–H and O–H groups in total. The molecular formula is C20H24BrNO2S. The number of aryl methyl sites for hydroxylation is 1. The number of carbonyl (C=O) groups is 1. The molecule has 1 aliphatic heterocycles. The van der Waals surface area contributed by atoms with Crippen molar-refractivity contribution in [1.29, 1.82) is 0 Å². The smallest absolute Gasteiger partial charge is 0.222 e. The fraction of sp³-hybridized carbons (Fsp3) is 0.450. The van der Waals surface area contributed by atoms with Gasteiger partial charge in [0.05, 0.1) is 3.79 Å². The Bertz CT molecular complexity index is 718. The zero-order valence-electron chi connectivity index (χ0n) is 14.8. The van der Waals surface area contributed by atoms with E-state index in [1.165, 1.54) is 16.0 Å². The van der Waals surface area contributed by atoms with Crippen LogP contribution in [0.4, 0.5) is 0 Å². The molecular weight excluding hydrogens is 398 g/mol. The molecule has 0 bridgehead atoms. The van der Waals surface area contributed by atoms with Gasteiger partial charge in [-0.2, -0.15) is 0 Å². The van der Waals surface area contributed by atoms with E-state index >= 15 is 0 Å². The van der Waals surface area contributed by atoms with Crippen molar-refractivity contribution in [3.05, 3.63) is 50.1 Å². The number of ether oxygens (including phenoxy) is 1. The molecule has 1 saturated heterocycles. The molecule has 3 rings (SSSR count). The van der Waals surface area contributed by atoms with E-state index in [0.717, 1.165) is 35.5 Å². The van der Waals surface area contributed by atoms with Crippen LogP contribution in [0.3, 0.4) is 0 Å². The molecule has 0 spiro atoms. The van der Waals surface area contributed by atoms with Crippen molar-refractivity contribution in [3.8, 4) is 5.75 Å². The van der Waals surface area contributed by atoms with Crippen molar-refractivity contribution in [2.24, 2.45) is 0 Å². The lowest BCUT2D eigenvalue weighted by Crippen LogP contribution is -2.37. The Labute approximate surface area is 162 Å². The van der Waals surface area contributed by atoms with Gasteiger partial charge in [-0.25, -0.2) is 0 Å². The second-order valence-corrected chi connectivity index (χ2v) is 9.10. The number of hydrogen-bond donors (Lipinski definition) is 0. The highest BCUT2D eigenvalue weighted by Gasteiger charge is 2.22. The number of halogens is 1. The van der Waals surface area contributed by atoms with E-state index in [-0.39, 0.29) is 5.91 Å². The quantitative estimate of drug-likeness (QED) is 0.636. The first kappa shape index (κ1) is 18.5. The fourth-order valence-electron chi connectivity index (χ4n) is 3.32. The molecule has 1 aromatic heterocycles. The molecule has 2 heterocycles. The van der Waals surface area contributed by atoms with Crippen molar-refractivity contribution in [2.75, 3.05) is 13.1 Å². The summed E-state index contributed by atoms with van der Waals surface area (Å²) in [5.41, 5.74) is 2.54. The maximum atomic E-state index is 11.8. The SMILES string of the molecule is CCC(=O)N1CCC(c2ccc(OCc3cc(C)sc3Br)cc2)CC1. The second-order valence-electron chi connectivity index (χ2n) is 6.52. The van der Waals surface area contributed by atoms with E-state index in [1.54, 1.807) is 11.3 Å². The van der Waals surface area contributed by atoms with Crippen LogP contribution >= 0.6 is 27.3 Å². The summed E-state index contributed by atoms with van der Waals surface area (Å²) in [6, 6.07) is 10.6. The molecule has 0 atom stereocenters. The first-order valence-corrected chi connectivity index (χ1v) is 10.4. The third kappa shape index (κ3) is 4.64. The number of hydrogen-bond acceptors (Lipinski definition) is 3. The molecule has 0 aliphatic carbocycles. The summed E-state index contributed by atoms with van der Waals surface area (Å²) in [5, 5.41) is 0. The van der Waals surface area contributed by atoms with Crippen LogP contribution in [0.2, 0.25) is 0 Å². The van der Waals surface area contributed by atoms with Crippen molar-refractivity contribution < 1.29 is 9.53 Å².